The molecule has 30 heavy (non-hydrogen) atoms. The van der Waals surface area contributed by atoms with Crippen LogP contribution < -0.4 is 16.2 Å². The molecule has 0 spiro atoms. The highest BCUT2D eigenvalue weighted by Gasteiger charge is 2.24. The minimum Gasteiger partial charge on any atom is -0.466 e. The van der Waals surface area contributed by atoms with Gasteiger partial charge in [-0.3, -0.25) is 0 Å². The lowest BCUT2D eigenvalue weighted by atomic mass is 10.0. The van der Waals surface area contributed by atoms with Crippen molar-refractivity contribution in [3.05, 3.63) is 65.7 Å². The Kier molecular flexibility index (Phi) is 10.1. The summed E-state index contributed by atoms with van der Waals surface area (Å²) in [5, 5.41) is 0. The monoisotopic (exact) mass is 437 g/mol. The van der Waals surface area contributed by atoms with E-state index in [-0.39, 0.29) is 32.5 Å². The van der Waals surface area contributed by atoms with Crippen LogP contribution in [0.2, 0.25) is 0 Å². The molecule has 2 aromatic carbocycles. The maximum Gasteiger partial charge on any atom is 0.410 e. The van der Waals surface area contributed by atoms with E-state index >= 15 is 0 Å². The molecule has 1 atom stereocenters. The summed E-state index contributed by atoms with van der Waals surface area (Å²) < 4.78 is 35.7. The summed E-state index contributed by atoms with van der Waals surface area (Å²) in [7, 11) is -2.95. The molecular weight excluding hydrogens is 410 g/mol. The largest absolute Gasteiger partial charge is 0.466 e. The molecule has 2 rings (SSSR count). The van der Waals surface area contributed by atoms with Crippen LogP contribution in [0.4, 0.5) is 4.79 Å². The Labute approximate surface area is 177 Å². The molecule has 0 bridgehead atoms. The molecule has 0 aromatic heterocycles. The van der Waals surface area contributed by atoms with Crippen molar-refractivity contribution in [1.29, 1.82) is 0 Å². The van der Waals surface area contributed by atoms with Gasteiger partial charge in [-0.05, 0) is 29.7 Å². The number of hydrogen-bond acceptors (Lipinski definition) is 8. The highest BCUT2D eigenvalue weighted by molar-refractivity contribution is 7.67. The standard InChI is InChI=1S/C20H27N3O6S/c21-10-11-23(20(24)27-14-17-4-2-1-3-5-17)18(13-22)12-16-6-8-19(9-7-16)28-15-29-30(25)26/h1-9,18,30H,10-15,21-22H2/t18-/m0/s1. The van der Waals surface area contributed by atoms with E-state index in [9.17, 15) is 13.2 Å². The van der Waals surface area contributed by atoms with Crippen LogP contribution in [-0.4, -0.2) is 51.9 Å². The van der Waals surface area contributed by atoms with Crippen molar-refractivity contribution in [2.45, 2.75) is 19.1 Å². The summed E-state index contributed by atoms with van der Waals surface area (Å²) >= 11 is 0. The third kappa shape index (κ3) is 7.99. The summed E-state index contributed by atoms with van der Waals surface area (Å²) in [6.45, 7) is 0.623. The van der Waals surface area contributed by atoms with Gasteiger partial charge in [0, 0.05) is 19.6 Å². The molecule has 0 aliphatic carbocycles. The molecular formula is C20H27N3O6S. The molecule has 1 amide bonds. The van der Waals surface area contributed by atoms with Crippen LogP contribution in [-0.2, 0) is 32.9 Å². The van der Waals surface area contributed by atoms with Crippen LogP contribution in [0.5, 0.6) is 5.75 Å². The number of rotatable bonds is 12. The summed E-state index contributed by atoms with van der Waals surface area (Å²) in [6, 6.07) is 16.1. The van der Waals surface area contributed by atoms with Gasteiger partial charge in [0.25, 0.3) is 11.0 Å². The number of nitrogens with zero attached hydrogens (tertiary/aromatic N) is 1. The van der Waals surface area contributed by atoms with E-state index in [1.54, 1.807) is 17.0 Å². The van der Waals surface area contributed by atoms with E-state index in [0.717, 1.165) is 11.1 Å². The van der Waals surface area contributed by atoms with E-state index < -0.39 is 17.1 Å². The molecule has 4 N–H and O–H groups in total. The lowest BCUT2D eigenvalue weighted by molar-refractivity contribution is 0.0825. The molecule has 164 valence electrons. The zero-order valence-electron chi connectivity index (χ0n) is 16.5. The van der Waals surface area contributed by atoms with Crippen molar-refractivity contribution < 1.29 is 26.9 Å². The number of ether oxygens (including phenoxy) is 2. The van der Waals surface area contributed by atoms with Crippen LogP contribution in [0.1, 0.15) is 11.1 Å². The Hall–Kier alpha value is -2.66. The van der Waals surface area contributed by atoms with Crippen LogP contribution in [0, 0.1) is 0 Å². The minimum absolute atomic E-state index is 0.168. The first-order valence-electron chi connectivity index (χ1n) is 9.40. The Morgan fingerprint density at radius 1 is 1.00 bits per heavy atom. The van der Waals surface area contributed by atoms with Crippen molar-refractivity contribution in [3.63, 3.8) is 0 Å². The van der Waals surface area contributed by atoms with E-state index in [1.807, 2.05) is 42.5 Å². The second-order valence-electron chi connectivity index (χ2n) is 6.37. The fraction of sp³-hybridized carbons (Fsp3) is 0.350. The zero-order chi connectivity index (χ0) is 21.8. The SMILES string of the molecule is NCCN(C(=O)OCc1ccccc1)[C@H](CN)Cc1ccc(OCO[SH](=O)=O)cc1. The van der Waals surface area contributed by atoms with E-state index in [4.69, 9.17) is 20.9 Å². The number of carbonyl (C=O) groups excluding carboxylic acids is 1. The normalized spacial score (nSPS) is 11.8. The topological polar surface area (TPSA) is 134 Å². The molecule has 0 aliphatic heterocycles. The summed E-state index contributed by atoms with van der Waals surface area (Å²) in [6.07, 6.45) is 0.0312. The van der Waals surface area contributed by atoms with Crippen molar-refractivity contribution in [3.8, 4) is 5.75 Å². The average Bonchev–Trinajstić information content (AvgIpc) is 2.76. The molecule has 2 aromatic rings. The summed E-state index contributed by atoms with van der Waals surface area (Å²) in [5.74, 6) is 0.459. The second kappa shape index (κ2) is 12.8. The van der Waals surface area contributed by atoms with Crippen LogP contribution >= 0.6 is 0 Å². The molecule has 0 radical (unpaired) electrons. The number of nitrogens with two attached hydrogens (primary N) is 2. The zero-order valence-corrected chi connectivity index (χ0v) is 17.4. The summed E-state index contributed by atoms with van der Waals surface area (Å²) in [5.41, 5.74) is 13.4. The molecule has 0 fully saturated rings. The third-order valence-corrected chi connectivity index (χ3v) is 4.62. The van der Waals surface area contributed by atoms with Crippen LogP contribution in [0.3, 0.4) is 0 Å². The number of hydrogen-bond donors (Lipinski definition) is 3. The van der Waals surface area contributed by atoms with Gasteiger partial charge in [0.05, 0.1) is 6.04 Å². The average molecular weight is 438 g/mol. The number of benzene rings is 2. The molecule has 9 nitrogen and oxygen atoms in total. The highest BCUT2D eigenvalue weighted by Crippen LogP contribution is 2.16. The minimum atomic E-state index is -2.95. The predicted octanol–water partition coefficient (Wildman–Crippen LogP) is 1.03. The maximum absolute atomic E-state index is 12.6. The first-order valence-corrected chi connectivity index (χ1v) is 10.5. The van der Waals surface area contributed by atoms with Gasteiger partial charge < -0.3 is 25.8 Å². The van der Waals surface area contributed by atoms with Crippen molar-refractivity contribution in [2.24, 2.45) is 11.5 Å². The highest BCUT2D eigenvalue weighted by atomic mass is 32.2. The lowest BCUT2D eigenvalue weighted by Gasteiger charge is -2.30. The van der Waals surface area contributed by atoms with E-state index in [1.165, 1.54) is 0 Å². The van der Waals surface area contributed by atoms with Gasteiger partial charge in [-0.1, -0.05) is 42.5 Å². The Morgan fingerprint density at radius 2 is 1.70 bits per heavy atom. The van der Waals surface area contributed by atoms with Crippen molar-refractivity contribution >= 4 is 17.1 Å². The summed E-state index contributed by atoms with van der Waals surface area (Å²) in [4.78, 5) is 14.2. The van der Waals surface area contributed by atoms with Gasteiger partial charge in [0.1, 0.15) is 12.4 Å². The molecule has 0 saturated heterocycles. The van der Waals surface area contributed by atoms with E-state index in [0.29, 0.717) is 18.7 Å². The molecule has 0 aliphatic rings. The lowest BCUT2D eigenvalue weighted by Crippen LogP contribution is -2.48. The van der Waals surface area contributed by atoms with E-state index in [2.05, 4.69) is 4.18 Å². The fourth-order valence-electron chi connectivity index (χ4n) is 2.82. The number of thiol groups is 1. The third-order valence-electron chi connectivity index (χ3n) is 4.30. The second-order valence-corrected chi connectivity index (χ2v) is 7.08. The molecule has 0 heterocycles. The molecule has 0 saturated carbocycles. The van der Waals surface area contributed by atoms with Crippen LogP contribution in [0.15, 0.2) is 54.6 Å². The van der Waals surface area contributed by atoms with Gasteiger partial charge in [-0.15, -0.1) is 0 Å². The fourth-order valence-corrected chi connectivity index (χ4v) is 2.96. The smallest absolute Gasteiger partial charge is 0.410 e. The van der Waals surface area contributed by atoms with Gasteiger partial charge in [0.2, 0.25) is 6.79 Å². The quantitative estimate of drug-likeness (QED) is 0.331. The predicted molar refractivity (Wildman–Crippen MR) is 112 cm³/mol. The number of carbonyl (C=O) groups is 1. The first-order chi connectivity index (χ1) is 14.5. The Balaban J connectivity index is 1.96. The number of amides is 1. The van der Waals surface area contributed by atoms with Gasteiger partial charge in [0.15, 0.2) is 0 Å². The van der Waals surface area contributed by atoms with Gasteiger partial charge >= 0.3 is 6.09 Å². The molecule has 0 unspecified atom stereocenters. The Bertz CT molecular complexity index is 837. The van der Waals surface area contributed by atoms with Crippen LogP contribution in [0.25, 0.3) is 0 Å². The first kappa shape index (κ1) is 23.6. The van der Waals surface area contributed by atoms with Gasteiger partial charge in [-0.2, -0.15) is 0 Å². The van der Waals surface area contributed by atoms with Gasteiger partial charge in [-0.25, -0.2) is 17.4 Å². The molecule has 10 heteroatoms. The Morgan fingerprint density at radius 3 is 2.30 bits per heavy atom. The maximum atomic E-state index is 12.6. The van der Waals surface area contributed by atoms with Crippen molar-refractivity contribution in [1.82, 2.24) is 4.90 Å². The van der Waals surface area contributed by atoms with Crippen molar-refractivity contribution in [2.75, 3.05) is 26.4 Å².